The molecule has 0 radical (unpaired) electrons. The molecule has 1 aromatic carbocycles. The number of hydrogen-bond donors (Lipinski definition) is 2. The lowest BCUT2D eigenvalue weighted by Crippen LogP contribution is -2.11. The van der Waals surface area contributed by atoms with Gasteiger partial charge in [0.2, 0.25) is 0 Å². The van der Waals surface area contributed by atoms with Gasteiger partial charge in [-0.2, -0.15) is 5.26 Å². The molecule has 0 unspecified atom stereocenters. The third kappa shape index (κ3) is 1.95. The highest BCUT2D eigenvalue weighted by Crippen LogP contribution is 2.23. The molecule has 1 aromatic rings. The van der Waals surface area contributed by atoms with Crippen LogP contribution in [0.4, 0.5) is 4.39 Å². The van der Waals surface area contributed by atoms with Crippen molar-refractivity contribution in [2.75, 3.05) is 0 Å². The SMILES string of the molecule is N#CC[C@@H](N)c1cccc(O)c1F. The molecule has 3 nitrogen and oxygen atoms in total. The highest BCUT2D eigenvalue weighted by molar-refractivity contribution is 5.32. The van der Waals surface area contributed by atoms with E-state index in [4.69, 9.17) is 16.1 Å². The molecule has 4 heteroatoms. The van der Waals surface area contributed by atoms with Crippen LogP contribution >= 0.6 is 0 Å². The second-order valence-electron chi connectivity index (χ2n) is 2.65. The van der Waals surface area contributed by atoms with E-state index in [2.05, 4.69) is 0 Å². The maximum Gasteiger partial charge on any atom is 0.169 e. The lowest BCUT2D eigenvalue weighted by molar-refractivity contribution is 0.425. The molecule has 0 aliphatic heterocycles. The molecule has 1 atom stereocenters. The summed E-state index contributed by atoms with van der Waals surface area (Å²) in [5.41, 5.74) is 5.67. The smallest absolute Gasteiger partial charge is 0.169 e. The van der Waals surface area contributed by atoms with E-state index in [1.54, 1.807) is 0 Å². The highest BCUT2D eigenvalue weighted by Gasteiger charge is 2.13. The molecule has 0 aromatic heterocycles. The summed E-state index contributed by atoms with van der Waals surface area (Å²) in [4.78, 5) is 0. The van der Waals surface area contributed by atoms with E-state index in [9.17, 15) is 4.39 Å². The number of benzene rings is 1. The first kappa shape index (κ1) is 9.49. The number of nitrogens with zero attached hydrogens (tertiary/aromatic N) is 1. The van der Waals surface area contributed by atoms with Gasteiger partial charge in [-0.3, -0.25) is 0 Å². The van der Waals surface area contributed by atoms with Gasteiger partial charge in [-0.05, 0) is 6.07 Å². The van der Waals surface area contributed by atoms with Crippen molar-refractivity contribution in [2.45, 2.75) is 12.5 Å². The number of phenolic OH excluding ortho intramolecular Hbond substituents is 1. The van der Waals surface area contributed by atoms with E-state index in [-0.39, 0.29) is 12.0 Å². The van der Waals surface area contributed by atoms with Gasteiger partial charge in [0.05, 0.1) is 12.5 Å². The number of hydrogen-bond acceptors (Lipinski definition) is 3. The summed E-state index contributed by atoms with van der Waals surface area (Å²) in [5, 5.41) is 17.3. The zero-order valence-electron chi connectivity index (χ0n) is 6.87. The summed E-state index contributed by atoms with van der Waals surface area (Å²) in [7, 11) is 0. The molecule has 0 saturated heterocycles. The Morgan fingerprint density at radius 3 is 2.92 bits per heavy atom. The fourth-order valence-electron chi connectivity index (χ4n) is 1.03. The number of nitriles is 1. The molecule has 1 rings (SSSR count). The van der Waals surface area contributed by atoms with Crippen LogP contribution < -0.4 is 5.73 Å². The van der Waals surface area contributed by atoms with Crippen molar-refractivity contribution < 1.29 is 9.50 Å². The predicted octanol–water partition coefficient (Wildman–Crippen LogP) is 1.44. The zero-order chi connectivity index (χ0) is 9.84. The number of halogens is 1. The lowest BCUT2D eigenvalue weighted by Gasteiger charge is -2.09. The van der Waals surface area contributed by atoms with Gasteiger partial charge in [-0.1, -0.05) is 12.1 Å². The van der Waals surface area contributed by atoms with Gasteiger partial charge in [-0.15, -0.1) is 0 Å². The molecular formula is C9H9FN2O. The Bertz CT molecular complexity index is 346. The minimum atomic E-state index is -0.745. The molecule has 0 aliphatic rings. The minimum absolute atomic E-state index is 0.0281. The largest absolute Gasteiger partial charge is 0.505 e. The first-order valence-electron chi connectivity index (χ1n) is 3.76. The Kier molecular flexibility index (Phi) is 2.83. The van der Waals surface area contributed by atoms with Crippen LogP contribution in [0.25, 0.3) is 0 Å². The normalized spacial score (nSPS) is 12.1. The van der Waals surface area contributed by atoms with E-state index in [1.807, 2.05) is 6.07 Å². The Morgan fingerprint density at radius 2 is 2.31 bits per heavy atom. The maximum absolute atomic E-state index is 13.1. The van der Waals surface area contributed by atoms with Gasteiger partial charge in [-0.25, -0.2) is 4.39 Å². The Balaban J connectivity index is 3.02. The van der Waals surface area contributed by atoms with Crippen LogP contribution in [0.2, 0.25) is 0 Å². The van der Waals surface area contributed by atoms with Gasteiger partial charge in [0.1, 0.15) is 0 Å². The van der Waals surface area contributed by atoms with Crippen molar-refractivity contribution in [1.82, 2.24) is 0 Å². The summed E-state index contributed by atoms with van der Waals surface area (Å²) in [5.74, 6) is -1.18. The third-order valence-electron chi connectivity index (χ3n) is 1.72. The topological polar surface area (TPSA) is 70.0 Å². The summed E-state index contributed by atoms with van der Waals surface area (Å²) in [6.45, 7) is 0. The van der Waals surface area contributed by atoms with E-state index >= 15 is 0 Å². The monoisotopic (exact) mass is 180 g/mol. The molecule has 3 N–H and O–H groups in total. The van der Waals surface area contributed by atoms with E-state index in [1.165, 1.54) is 18.2 Å². The molecule has 0 heterocycles. The number of aromatic hydroxyl groups is 1. The lowest BCUT2D eigenvalue weighted by atomic mass is 10.0. The second kappa shape index (κ2) is 3.87. The first-order chi connectivity index (χ1) is 6.16. The van der Waals surface area contributed by atoms with Crippen LogP contribution in [0, 0.1) is 17.1 Å². The van der Waals surface area contributed by atoms with Crippen molar-refractivity contribution >= 4 is 0 Å². The maximum atomic E-state index is 13.1. The molecule has 13 heavy (non-hydrogen) atoms. The van der Waals surface area contributed by atoms with Crippen LogP contribution in [0.1, 0.15) is 18.0 Å². The Labute approximate surface area is 75.2 Å². The average Bonchev–Trinajstić information content (AvgIpc) is 2.10. The van der Waals surface area contributed by atoms with Crippen molar-refractivity contribution in [3.05, 3.63) is 29.6 Å². The zero-order valence-corrected chi connectivity index (χ0v) is 6.87. The third-order valence-corrected chi connectivity index (χ3v) is 1.72. The van der Waals surface area contributed by atoms with E-state index < -0.39 is 17.6 Å². The molecule has 0 bridgehead atoms. The first-order valence-corrected chi connectivity index (χ1v) is 3.76. The van der Waals surface area contributed by atoms with Crippen LogP contribution in [0.3, 0.4) is 0 Å². The van der Waals surface area contributed by atoms with Crippen molar-refractivity contribution in [3.63, 3.8) is 0 Å². The molecule has 0 fully saturated rings. The second-order valence-corrected chi connectivity index (χ2v) is 2.65. The van der Waals surface area contributed by atoms with Crippen LogP contribution in [-0.2, 0) is 0 Å². The van der Waals surface area contributed by atoms with Crippen molar-refractivity contribution in [3.8, 4) is 11.8 Å². The Morgan fingerprint density at radius 1 is 1.62 bits per heavy atom. The summed E-state index contributed by atoms with van der Waals surface area (Å²) >= 11 is 0. The van der Waals surface area contributed by atoms with Crippen LogP contribution in [0.5, 0.6) is 5.75 Å². The molecule has 0 saturated carbocycles. The van der Waals surface area contributed by atoms with Crippen LogP contribution in [0.15, 0.2) is 18.2 Å². The highest BCUT2D eigenvalue weighted by atomic mass is 19.1. The quantitative estimate of drug-likeness (QED) is 0.723. The van der Waals surface area contributed by atoms with E-state index in [0.29, 0.717) is 0 Å². The molecule has 0 amide bonds. The van der Waals surface area contributed by atoms with Crippen molar-refractivity contribution in [1.29, 1.82) is 5.26 Å². The Hall–Kier alpha value is -1.60. The van der Waals surface area contributed by atoms with Gasteiger partial charge >= 0.3 is 0 Å². The van der Waals surface area contributed by atoms with Gasteiger partial charge in [0.15, 0.2) is 11.6 Å². The van der Waals surface area contributed by atoms with Gasteiger partial charge in [0.25, 0.3) is 0 Å². The van der Waals surface area contributed by atoms with E-state index in [0.717, 1.165) is 0 Å². The number of nitrogens with two attached hydrogens (primary N) is 1. The minimum Gasteiger partial charge on any atom is -0.505 e. The summed E-state index contributed by atoms with van der Waals surface area (Å²) < 4.78 is 13.1. The fourth-order valence-corrected chi connectivity index (χ4v) is 1.03. The number of phenols is 1. The molecular weight excluding hydrogens is 171 g/mol. The molecule has 68 valence electrons. The summed E-state index contributed by atoms with van der Waals surface area (Å²) in [6.07, 6.45) is 0.0281. The fraction of sp³-hybridized carbons (Fsp3) is 0.222. The standard InChI is InChI=1S/C9H9FN2O/c10-9-6(7(12)4-5-11)2-1-3-8(9)13/h1-3,7,13H,4,12H2/t7-/m1/s1. The van der Waals surface area contributed by atoms with Gasteiger partial charge in [0, 0.05) is 11.6 Å². The summed E-state index contributed by atoms with van der Waals surface area (Å²) in [6, 6.07) is 5.34. The van der Waals surface area contributed by atoms with Gasteiger partial charge < -0.3 is 10.8 Å². The molecule has 0 aliphatic carbocycles. The average molecular weight is 180 g/mol. The van der Waals surface area contributed by atoms with Crippen molar-refractivity contribution in [2.24, 2.45) is 5.73 Å². The van der Waals surface area contributed by atoms with Crippen LogP contribution in [-0.4, -0.2) is 5.11 Å². The molecule has 0 spiro atoms. The predicted molar refractivity (Wildman–Crippen MR) is 45.2 cm³/mol. The number of rotatable bonds is 2.